The Labute approximate surface area is 147 Å². The van der Waals surface area contributed by atoms with Crippen molar-refractivity contribution in [3.05, 3.63) is 58.6 Å². The number of aromatic amines is 1. The number of halogens is 1. The lowest BCUT2D eigenvalue weighted by atomic mass is 10.1. The molecule has 4 N–H and O–H groups in total. The quantitative estimate of drug-likeness (QED) is 0.508. The molecule has 0 radical (unpaired) electrons. The van der Waals surface area contributed by atoms with Crippen LogP contribution in [0, 0.1) is 6.92 Å². The summed E-state index contributed by atoms with van der Waals surface area (Å²) in [6.45, 7) is 1.90. The van der Waals surface area contributed by atoms with E-state index >= 15 is 0 Å². The normalized spacial score (nSPS) is 10.4. The number of hydrogen-bond acceptors (Lipinski definition) is 3. The molecule has 1 heterocycles. The van der Waals surface area contributed by atoms with Crippen LogP contribution in [0.3, 0.4) is 0 Å². The van der Waals surface area contributed by atoms with Crippen LogP contribution in [-0.2, 0) is 0 Å². The van der Waals surface area contributed by atoms with E-state index in [2.05, 4.69) is 36.8 Å². The number of H-pyrrole nitrogens is 1. The number of anilines is 3. The molecule has 3 aromatic rings. The Morgan fingerprint density at radius 2 is 1.92 bits per heavy atom. The first kappa shape index (κ1) is 16.1. The van der Waals surface area contributed by atoms with Gasteiger partial charge in [-0.05, 0) is 48.4 Å². The largest absolute Gasteiger partial charge is 0.465 e. The number of nitrogens with one attached hydrogen (secondary N) is 3. The minimum absolute atomic E-state index is 0.531. The maximum atomic E-state index is 10.7. The molecule has 1 amide bonds. The molecule has 24 heavy (non-hydrogen) atoms. The average molecular weight is 387 g/mol. The Hall–Kier alpha value is -2.80. The van der Waals surface area contributed by atoms with E-state index in [0.29, 0.717) is 11.5 Å². The van der Waals surface area contributed by atoms with Crippen LogP contribution in [0.5, 0.6) is 0 Å². The lowest BCUT2D eigenvalue weighted by Gasteiger charge is -2.09. The first-order valence-corrected chi connectivity index (χ1v) is 7.99. The predicted molar refractivity (Wildman–Crippen MR) is 97.8 cm³/mol. The molecule has 0 aliphatic heterocycles. The number of rotatable bonds is 4. The number of aryl methyl sites for hydroxylation is 1. The van der Waals surface area contributed by atoms with Gasteiger partial charge in [-0.3, -0.25) is 10.4 Å². The summed E-state index contributed by atoms with van der Waals surface area (Å²) in [5, 5.41) is 21.6. The minimum Gasteiger partial charge on any atom is -0.465 e. The second kappa shape index (κ2) is 6.76. The number of nitrogens with zero attached hydrogens (tertiary/aromatic N) is 1. The molecule has 7 heteroatoms. The van der Waals surface area contributed by atoms with Gasteiger partial charge in [-0.15, -0.1) is 0 Å². The molecule has 0 saturated heterocycles. The molecule has 3 rings (SSSR count). The van der Waals surface area contributed by atoms with E-state index in [4.69, 9.17) is 5.11 Å². The van der Waals surface area contributed by atoms with Gasteiger partial charge < -0.3 is 10.4 Å². The third kappa shape index (κ3) is 3.75. The van der Waals surface area contributed by atoms with E-state index in [1.165, 1.54) is 0 Å². The second-order valence-electron chi connectivity index (χ2n) is 5.26. The highest BCUT2D eigenvalue weighted by atomic mass is 79.9. The van der Waals surface area contributed by atoms with Gasteiger partial charge in [-0.25, -0.2) is 4.79 Å². The van der Waals surface area contributed by atoms with Gasteiger partial charge in [-0.2, -0.15) is 5.10 Å². The van der Waals surface area contributed by atoms with Crippen LogP contribution in [0.15, 0.2) is 53.0 Å². The molecular formula is C17H15BrN4O2. The molecule has 2 aromatic carbocycles. The highest BCUT2D eigenvalue weighted by Gasteiger charge is 2.07. The predicted octanol–water partition coefficient (Wildman–Crippen LogP) is 4.98. The van der Waals surface area contributed by atoms with Gasteiger partial charge in [0.25, 0.3) is 0 Å². The van der Waals surface area contributed by atoms with Crippen molar-refractivity contribution in [2.24, 2.45) is 0 Å². The van der Waals surface area contributed by atoms with E-state index in [1.807, 2.05) is 43.3 Å². The van der Waals surface area contributed by atoms with Gasteiger partial charge in [0, 0.05) is 21.9 Å². The summed E-state index contributed by atoms with van der Waals surface area (Å²) < 4.78 is 1.02. The summed E-state index contributed by atoms with van der Waals surface area (Å²) in [6.07, 6.45) is -1.08. The van der Waals surface area contributed by atoms with Crippen LogP contribution in [0.2, 0.25) is 0 Å². The molecular weight excluding hydrogens is 372 g/mol. The van der Waals surface area contributed by atoms with Crippen molar-refractivity contribution in [2.45, 2.75) is 6.92 Å². The minimum atomic E-state index is -1.08. The molecule has 0 bridgehead atoms. The molecule has 1 aromatic heterocycles. The van der Waals surface area contributed by atoms with Crippen LogP contribution >= 0.6 is 15.9 Å². The number of benzene rings is 2. The Morgan fingerprint density at radius 3 is 2.58 bits per heavy atom. The van der Waals surface area contributed by atoms with E-state index in [0.717, 1.165) is 27.0 Å². The topological polar surface area (TPSA) is 90.0 Å². The van der Waals surface area contributed by atoms with Crippen molar-refractivity contribution in [3.8, 4) is 11.3 Å². The summed E-state index contributed by atoms with van der Waals surface area (Å²) in [6, 6.07) is 15.1. The highest BCUT2D eigenvalue weighted by Crippen LogP contribution is 2.26. The van der Waals surface area contributed by atoms with E-state index < -0.39 is 6.09 Å². The summed E-state index contributed by atoms with van der Waals surface area (Å²) in [5.41, 5.74) is 4.25. The molecule has 0 aliphatic rings. The van der Waals surface area contributed by atoms with Crippen LogP contribution in [0.4, 0.5) is 22.0 Å². The van der Waals surface area contributed by atoms with Crippen LogP contribution in [-0.4, -0.2) is 21.4 Å². The van der Waals surface area contributed by atoms with Crippen LogP contribution in [0.1, 0.15) is 5.56 Å². The van der Waals surface area contributed by atoms with Gasteiger partial charge in [0.05, 0.1) is 5.69 Å². The van der Waals surface area contributed by atoms with Crippen molar-refractivity contribution in [1.29, 1.82) is 0 Å². The number of carbonyl (C=O) groups is 1. The molecule has 0 saturated carbocycles. The SMILES string of the molecule is Cc1cc(NC(=O)O)ccc1Nc1cc(-c2ccc(Br)cc2)[nH]n1. The molecule has 0 fully saturated rings. The van der Waals surface area contributed by atoms with E-state index in [-0.39, 0.29) is 0 Å². The Bertz CT molecular complexity index is 875. The van der Waals surface area contributed by atoms with Crippen molar-refractivity contribution in [1.82, 2.24) is 10.2 Å². The monoisotopic (exact) mass is 386 g/mol. The van der Waals surface area contributed by atoms with Crippen LogP contribution < -0.4 is 10.6 Å². The fourth-order valence-electron chi connectivity index (χ4n) is 2.31. The summed E-state index contributed by atoms with van der Waals surface area (Å²) in [5.74, 6) is 0.690. The lowest BCUT2D eigenvalue weighted by Crippen LogP contribution is -2.07. The van der Waals surface area contributed by atoms with Crippen molar-refractivity contribution in [3.63, 3.8) is 0 Å². The average Bonchev–Trinajstić information content (AvgIpc) is 2.99. The van der Waals surface area contributed by atoms with Gasteiger partial charge in [0.15, 0.2) is 5.82 Å². The number of aromatic nitrogens is 2. The van der Waals surface area contributed by atoms with Crippen LogP contribution in [0.25, 0.3) is 11.3 Å². The first-order chi connectivity index (χ1) is 11.5. The van der Waals surface area contributed by atoms with Crippen molar-refractivity contribution >= 4 is 39.2 Å². The standard InChI is InChI=1S/C17H15BrN4O2/c1-10-8-13(19-17(23)24)6-7-14(10)20-16-9-15(21-22-16)11-2-4-12(18)5-3-11/h2-9,19H,1H3,(H,23,24)(H2,20,21,22). The second-order valence-corrected chi connectivity index (χ2v) is 6.17. The van der Waals surface area contributed by atoms with Gasteiger partial charge in [0.2, 0.25) is 0 Å². The van der Waals surface area contributed by atoms with Crippen molar-refractivity contribution in [2.75, 3.05) is 10.6 Å². The molecule has 0 unspecified atom stereocenters. The zero-order chi connectivity index (χ0) is 17.1. The Kier molecular flexibility index (Phi) is 4.52. The summed E-state index contributed by atoms with van der Waals surface area (Å²) in [7, 11) is 0. The third-order valence-corrected chi connectivity index (χ3v) is 4.00. The molecule has 0 aliphatic carbocycles. The van der Waals surface area contributed by atoms with E-state index in [1.54, 1.807) is 12.1 Å². The molecule has 122 valence electrons. The summed E-state index contributed by atoms with van der Waals surface area (Å²) >= 11 is 3.42. The fourth-order valence-corrected chi connectivity index (χ4v) is 2.57. The van der Waals surface area contributed by atoms with Gasteiger partial charge in [0.1, 0.15) is 0 Å². The highest BCUT2D eigenvalue weighted by molar-refractivity contribution is 9.10. The Morgan fingerprint density at radius 1 is 1.17 bits per heavy atom. The maximum Gasteiger partial charge on any atom is 0.409 e. The van der Waals surface area contributed by atoms with Gasteiger partial charge in [-0.1, -0.05) is 28.1 Å². The number of carboxylic acid groups (broad SMARTS) is 1. The number of amides is 1. The lowest BCUT2D eigenvalue weighted by molar-refractivity contribution is 0.210. The van der Waals surface area contributed by atoms with E-state index in [9.17, 15) is 4.79 Å². The third-order valence-electron chi connectivity index (χ3n) is 3.47. The number of hydrogen-bond donors (Lipinski definition) is 4. The maximum absolute atomic E-state index is 10.7. The summed E-state index contributed by atoms with van der Waals surface area (Å²) in [4.78, 5) is 10.7. The molecule has 6 nitrogen and oxygen atoms in total. The zero-order valence-corrected chi connectivity index (χ0v) is 14.4. The Balaban J connectivity index is 1.77. The molecule has 0 spiro atoms. The van der Waals surface area contributed by atoms with Crippen molar-refractivity contribution < 1.29 is 9.90 Å². The first-order valence-electron chi connectivity index (χ1n) is 7.20. The fraction of sp³-hybridized carbons (Fsp3) is 0.0588. The van der Waals surface area contributed by atoms with Gasteiger partial charge >= 0.3 is 6.09 Å². The molecule has 0 atom stereocenters. The smallest absolute Gasteiger partial charge is 0.409 e. The zero-order valence-electron chi connectivity index (χ0n) is 12.8.